The highest BCUT2D eigenvalue weighted by molar-refractivity contribution is 5.90. The van der Waals surface area contributed by atoms with E-state index in [4.69, 9.17) is 0 Å². The van der Waals surface area contributed by atoms with Crippen molar-refractivity contribution in [3.63, 3.8) is 0 Å². The van der Waals surface area contributed by atoms with Crippen LogP contribution in [0.5, 0.6) is 0 Å². The minimum atomic E-state index is -0.00398. The van der Waals surface area contributed by atoms with Crippen molar-refractivity contribution in [1.82, 2.24) is 5.16 Å². The zero-order valence-electron chi connectivity index (χ0n) is 6.33. The molecule has 0 unspecified atom stereocenters. The topological polar surface area (TPSA) is 55.1 Å². The lowest BCUT2D eigenvalue weighted by Gasteiger charge is -1.97. The normalized spacial score (nSPS) is 9.55. The third-order valence-corrected chi connectivity index (χ3v) is 1.19. The Kier molecular flexibility index (Phi) is 2.66. The Bertz CT molecular complexity index is 218. The van der Waals surface area contributed by atoms with Gasteiger partial charge < -0.3 is 9.84 Å². The summed E-state index contributed by atoms with van der Waals surface area (Å²) in [5.74, 6) is -0.00398. The first-order valence-corrected chi connectivity index (χ1v) is 3.52. The summed E-state index contributed by atoms with van der Waals surface area (Å²) in [6, 6.07) is 0. The molecule has 0 aromatic carbocycles. The van der Waals surface area contributed by atoms with Gasteiger partial charge in [-0.05, 0) is 6.42 Å². The van der Waals surface area contributed by atoms with Gasteiger partial charge in [0.25, 0.3) is 0 Å². The highest BCUT2D eigenvalue weighted by Gasteiger charge is 2.00. The zero-order chi connectivity index (χ0) is 8.10. The number of nitrogens with one attached hydrogen (secondary N) is 1. The quantitative estimate of drug-likeness (QED) is 0.716. The van der Waals surface area contributed by atoms with Crippen molar-refractivity contribution in [2.24, 2.45) is 0 Å². The molecule has 0 aliphatic rings. The van der Waals surface area contributed by atoms with E-state index in [0.29, 0.717) is 12.1 Å². The number of hydrogen-bond donors (Lipinski definition) is 1. The van der Waals surface area contributed by atoms with Gasteiger partial charge in [0.05, 0.1) is 6.20 Å². The summed E-state index contributed by atoms with van der Waals surface area (Å²) in [6.45, 7) is 1.95. The highest BCUT2D eigenvalue weighted by Crippen LogP contribution is 2.04. The number of rotatable bonds is 3. The summed E-state index contributed by atoms with van der Waals surface area (Å²) in [5, 5.41) is 6.07. The summed E-state index contributed by atoms with van der Waals surface area (Å²) in [7, 11) is 0. The molecule has 4 heteroatoms. The van der Waals surface area contributed by atoms with Crippen LogP contribution in [0.25, 0.3) is 0 Å². The Balaban J connectivity index is 2.37. The lowest BCUT2D eigenvalue weighted by molar-refractivity contribution is -0.116. The molecular formula is C7H10N2O2. The first-order valence-electron chi connectivity index (χ1n) is 3.52. The van der Waals surface area contributed by atoms with Crippen molar-refractivity contribution in [3.8, 4) is 0 Å². The molecule has 11 heavy (non-hydrogen) atoms. The van der Waals surface area contributed by atoms with Crippen molar-refractivity contribution in [3.05, 3.63) is 12.5 Å². The van der Waals surface area contributed by atoms with Crippen LogP contribution in [-0.2, 0) is 4.79 Å². The lowest BCUT2D eigenvalue weighted by atomic mass is 10.3. The Morgan fingerprint density at radius 3 is 3.18 bits per heavy atom. The molecule has 0 aliphatic heterocycles. The lowest BCUT2D eigenvalue weighted by Crippen LogP contribution is -2.09. The number of amides is 1. The maximum absolute atomic E-state index is 10.9. The second-order valence-corrected chi connectivity index (χ2v) is 2.21. The van der Waals surface area contributed by atoms with Crippen LogP contribution < -0.4 is 5.32 Å². The molecule has 0 aliphatic carbocycles. The number of carbonyl (C=O) groups excluding carboxylic acids is 1. The van der Waals surface area contributed by atoms with E-state index < -0.39 is 0 Å². The Morgan fingerprint density at radius 1 is 1.82 bits per heavy atom. The third-order valence-electron chi connectivity index (χ3n) is 1.19. The second-order valence-electron chi connectivity index (χ2n) is 2.21. The molecule has 0 fully saturated rings. The molecule has 1 aromatic rings. The molecule has 1 N–H and O–H groups in total. The van der Waals surface area contributed by atoms with E-state index in [1.807, 2.05) is 6.92 Å². The molecule has 0 spiro atoms. The third kappa shape index (κ3) is 2.41. The maximum atomic E-state index is 10.9. The van der Waals surface area contributed by atoms with Gasteiger partial charge >= 0.3 is 0 Å². The van der Waals surface area contributed by atoms with Crippen molar-refractivity contribution >= 4 is 11.6 Å². The molecule has 1 heterocycles. The number of carbonyl (C=O) groups is 1. The molecule has 0 saturated heterocycles. The van der Waals surface area contributed by atoms with Crippen LogP contribution >= 0.6 is 0 Å². The molecule has 1 aromatic heterocycles. The SMILES string of the molecule is CCCC(=O)Nc1cnoc1. The smallest absolute Gasteiger partial charge is 0.224 e. The van der Waals surface area contributed by atoms with E-state index in [0.717, 1.165) is 6.42 Å². The summed E-state index contributed by atoms with van der Waals surface area (Å²) in [6.07, 6.45) is 4.24. The van der Waals surface area contributed by atoms with Crippen molar-refractivity contribution in [1.29, 1.82) is 0 Å². The summed E-state index contributed by atoms with van der Waals surface area (Å²) in [5.41, 5.74) is 0.614. The molecule has 0 saturated carbocycles. The number of nitrogens with zero attached hydrogens (tertiary/aromatic N) is 1. The van der Waals surface area contributed by atoms with Gasteiger partial charge in [-0.3, -0.25) is 4.79 Å². The van der Waals surface area contributed by atoms with E-state index in [2.05, 4.69) is 15.0 Å². The molecule has 4 nitrogen and oxygen atoms in total. The fourth-order valence-electron chi connectivity index (χ4n) is 0.717. The van der Waals surface area contributed by atoms with Crippen LogP contribution in [0.1, 0.15) is 19.8 Å². The molecule has 0 atom stereocenters. The Morgan fingerprint density at radius 2 is 2.64 bits per heavy atom. The van der Waals surface area contributed by atoms with Gasteiger partial charge in [-0.2, -0.15) is 0 Å². The standard InChI is InChI=1S/C7H10N2O2/c1-2-3-7(10)9-6-4-8-11-5-6/h4-5H,2-3H2,1H3,(H,9,10). The molecule has 60 valence electrons. The van der Waals surface area contributed by atoms with Gasteiger partial charge in [0.15, 0.2) is 0 Å². The Labute approximate surface area is 64.6 Å². The first kappa shape index (κ1) is 7.78. The van der Waals surface area contributed by atoms with E-state index >= 15 is 0 Å². The maximum Gasteiger partial charge on any atom is 0.224 e. The number of hydrogen-bond acceptors (Lipinski definition) is 3. The van der Waals surface area contributed by atoms with Gasteiger partial charge in [-0.15, -0.1) is 0 Å². The van der Waals surface area contributed by atoms with Crippen LogP contribution in [0.15, 0.2) is 17.0 Å². The van der Waals surface area contributed by atoms with Crippen molar-refractivity contribution in [2.45, 2.75) is 19.8 Å². The van der Waals surface area contributed by atoms with E-state index in [9.17, 15) is 4.79 Å². The number of aromatic nitrogens is 1. The number of anilines is 1. The summed E-state index contributed by atoms with van der Waals surface area (Å²) >= 11 is 0. The fourth-order valence-corrected chi connectivity index (χ4v) is 0.717. The minimum absolute atomic E-state index is 0.00398. The van der Waals surface area contributed by atoms with Gasteiger partial charge in [-0.25, -0.2) is 0 Å². The molecular weight excluding hydrogens is 144 g/mol. The first-order chi connectivity index (χ1) is 5.33. The average molecular weight is 154 g/mol. The summed E-state index contributed by atoms with van der Waals surface area (Å²) in [4.78, 5) is 10.9. The second kappa shape index (κ2) is 3.75. The van der Waals surface area contributed by atoms with Crippen LogP contribution in [0.2, 0.25) is 0 Å². The van der Waals surface area contributed by atoms with Gasteiger partial charge in [0.1, 0.15) is 12.0 Å². The molecule has 0 radical (unpaired) electrons. The predicted molar refractivity (Wildman–Crippen MR) is 40.0 cm³/mol. The fraction of sp³-hybridized carbons (Fsp3) is 0.429. The minimum Gasteiger partial charge on any atom is -0.363 e. The highest BCUT2D eigenvalue weighted by atomic mass is 16.5. The van der Waals surface area contributed by atoms with Crippen LogP contribution in [0.3, 0.4) is 0 Å². The van der Waals surface area contributed by atoms with Gasteiger partial charge in [0, 0.05) is 6.42 Å². The average Bonchev–Trinajstić information content (AvgIpc) is 2.40. The largest absolute Gasteiger partial charge is 0.363 e. The molecule has 0 bridgehead atoms. The summed E-state index contributed by atoms with van der Waals surface area (Å²) < 4.78 is 4.53. The van der Waals surface area contributed by atoms with E-state index in [1.54, 1.807) is 0 Å². The van der Waals surface area contributed by atoms with Gasteiger partial charge in [-0.1, -0.05) is 12.1 Å². The zero-order valence-corrected chi connectivity index (χ0v) is 6.33. The van der Waals surface area contributed by atoms with Gasteiger partial charge in [0.2, 0.25) is 5.91 Å². The van der Waals surface area contributed by atoms with Crippen molar-refractivity contribution in [2.75, 3.05) is 5.32 Å². The van der Waals surface area contributed by atoms with E-state index in [1.165, 1.54) is 12.5 Å². The molecule has 1 rings (SSSR count). The van der Waals surface area contributed by atoms with Crippen molar-refractivity contribution < 1.29 is 9.32 Å². The monoisotopic (exact) mass is 154 g/mol. The van der Waals surface area contributed by atoms with E-state index in [-0.39, 0.29) is 5.91 Å². The van der Waals surface area contributed by atoms with Crippen LogP contribution in [0.4, 0.5) is 5.69 Å². The Hall–Kier alpha value is -1.32. The van der Waals surface area contributed by atoms with Crippen LogP contribution in [0, 0.1) is 0 Å². The molecule has 1 amide bonds. The van der Waals surface area contributed by atoms with Crippen LogP contribution in [-0.4, -0.2) is 11.1 Å². The predicted octanol–water partition coefficient (Wildman–Crippen LogP) is 1.41.